The van der Waals surface area contributed by atoms with Crippen LogP contribution in [0.3, 0.4) is 0 Å². The zero-order chi connectivity index (χ0) is 17.8. The zero-order valence-corrected chi connectivity index (χ0v) is 14.0. The third-order valence-corrected chi connectivity index (χ3v) is 3.68. The number of H-pyrrole nitrogens is 1. The molecule has 0 aliphatic heterocycles. The molecule has 0 saturated carbocycles. The Kier molecular flexibility index (Phi) is 4.90. The quantitative estimate of drug-likeness (QED) is 0.541. The summed E-state index contributed by atoms with van der Waals surface area (Å²) in [6.45, 7) is 2.18. The molecule has 0 atom stereocenters. The summed E-state index contributed by atoms with van der Waals surface area (Å²) in [4.78, 5) is 12.0. The van der Waals surface area contributed by atoms with E-state index in [0.29, 0.717) is 17.3 Å². The van der Waals surface area contributed by atoms with Crippen molar-refractivity contribution < 1.29 is 9.18 Å². The summed E-state index contributed by atoms with van der Waals surface area (Å²) >= 11 is 5.84. The molecule has 0 aliphatic rings. The van der Waals surface area contributed by atoms with Crippen LogP contribution in [0.4, 0.5) is 4.39 Å². The van der Waals surface area contributed by atoms with Crippen LogP contribution in [-0.2, 0) is 6.54 Å². The van der Waals surface area contributed by atoms with Gasteiger partial charge in [-0.3, -0.25) is 9.89 Å². The molecular formula is C16H14ClFN6O. The molecule has 128 valence electrons. The number of hydrogen-bond acceptors (Lipinski definition) is 4. The van der Waals surface area contributed by atoms with Crippen LogP contribution in [0.5, 0.6) is 0 Å². The Morgan fingerprint density at radius 1 is 1.44 bits per heavy atom. The number of aryl methyl sites for hydroxylation is 1. The molecule has 0 spiro atoms. The molecule has 25 heavy (non-hydrogen) atoms. The van der Waals surface area contributed by atoms with E-state index in [9.17, 15) is 9.18 Å². The number of carbonyl (C=O) groups excluding carboxylic acids is 1. The number of hydrogen-bond donors (Lipinski definition) is 2. The highest BCUT2D eigenvalue weighted by molar-refractivity contribution is 6.30. The largest absolute Gasteiger partial charge is 0.289 e. The second-order valence-electron chi connectivity index (χ2n) is 5.08. The number of aromatic nitrogens is 4. The average Bonchev–Trinajstić information content (AvgIpc) is 3.23. The molecule has 9 heteroatoms. The van der Waals surface area contributed by atoms with Gasteiger partial charge in [-0.15, -0.1) is 0 Å². The SMILES string of the molecule is CCn1ncc(C=NNC(=O)c2cc(-c3ccc(Cl)cc3)n[nH]2)c1F. The monoisotopic (exact) mass is 360 g/mol. The van der Waals surface area contributed by atoms with Crippen LogP contribution < -0.4 is 5.43 Å². The summed E-state index contributed by atoms with van der Waals surface area (Å²) in [7, 11) is 0. The normalized spacial score (nSPS) is 11.2. The van der Waals surface area contributed by atoms with Crippen molar-refractivity contribution in [1.29, 1.82) is 0 Å². The Morgan fingerprint density at radius 3 is 2.88 bits per heavy atom. The predicted molar refractivity (Wildman–Crippen MR) is 92.0 cm³/mol. The highest BCUT2D eigenvalue weighted by Crippen LogP contribution is 2.20. The van der Waals surface area contributed by atoms with Crippen molar-refractivity contribution in [2.45, 2.75) is 13.5 Å². The van der Waals surface area contributed by atoms with Crippen molar-refractivity contribution in [3.63, 3.8) is 0 Å². The molecule has 0 fully saturated rings. The maximum absolute atomic E-state index is 13.8. The van der Waals surface area contributed by atoms with Gasteiger partial charge < -0.3 is 0 Å². The lowest BCUT2D eigenvalue weighted by molar-refractivity contribution is 0.0950. The van der Waals surface area contributed by atoms with E-state index in [-0.39, 0.29) is 11.3 Å². The van der Waals surface area contributed by atoms with Gasteiger partial charge in [-0.1, -0.05) is 23.7 Å². The smallest absolute Gasteiger partial charge is 0.272 e. The first-order valence-corrected chi connectivity index (χ1v) is 7.82. The van der Waals surface area contributed by atoms with E-state index < -0.39 is 11.9 Å². The molecular weight excluding hydrogens is 347 g/mol. The van der Waals surface area contributed by atoms with Crippen molar-refractivity contribution in [1.82, 2.24) is 25.4 Å². The lowest BCUT2D eigenvalue weighted by Gasteiger charge is -1.96. The first kappa shape index (κ1) is 16.8. The highest BCUT2D eigenvalue weighted by atomic mass is 35.5. The third-order valence-electron chi connectivity index (χ3n) is 3.43. The molecule has 3 rings (SSSR count). The Hall–Kier alpha value is -3.00. The second-order valence-corrected chi connectivity index (χ2v) is 5.52. The van der Waals surface area contributed by atoms with Crippen molar-refractivity contribution >= 4 is 23.7 Å². The molecule has 2 aromatic heterocycles. The average molecular weight is 361 g/mol. The molecule has 0 saturated heterocycles. The number of carbonyl (C=O) groups is 1. The molecule has 1 aromatic carbocycles. The molecule has 1 amide bonds. The molecule has 0 radical (unpaired) electrons. The number of nitrogens with one attached hydrogen (secondary N) is 2. The van der Waals surface area contributed by atoms with E-state index in [1.807, 2.05) is 0 Å². The number of amides is 1. The van der Waals surface area contributed by atoms with Gasteiger partial charge in [0.15, 0.2) is 0 Å². The van der Waals surface area contributed by atoms with Crippen molar-refractivity contribution in [3.8, 4) is 11.3 Å². The van der Waals surface area contributed by atoms with Crippen LogP contribution in [0.25, 0.3) is 11.3 Å². The molecule has 3 aromatic rings. The van der Waals surface area contributed by atoms with E-state index in [1.165, 1.54) is 17.1 Å². The van der Waals surface area contributed by atoms with E-state index in [2.05, 4.69) is 25.8 Å². The summed E-state index contributed by atoms with van der Waals surface area (Å²) in [6.07, 6.45) is 2.53. The maximum atomic E-state index is 13.8. The van der Waals surface area contributed by atoms with E-state index >= 15 is 0 Å². The number of benzene rings is 1. The van der Waals surface area contributed by atoms with Crippen LogP contribution in [0.1, 0.15) is 23.0 Å². The lowest BCUT2D eigenvalue weighted by atomic mass is 10.1. The molecule has 2 N–H and O–H groups in total. The summed E-state index contributed by atoms with van der Waals surface area (Å²) < 4.78 is 15.0. The van der Waals surface area contributed by atoms with Gasteiger partial charge in [0.2, 0.25) is 5.95 Å². The van der Waals surface area contributed by atoms with E-state index in [1.54, 1.807) is 37.3 Å². The first-order chi connectivity index (χ1) is 12.1. The molecule has 2 heterocycles. The summed E-state index contributed by atoms with van der Waals surface area (Å²) in [6, 6.07) is 8.66. The van der Waals surface area contributed by atoms with Gasteiger partial charge in [0.05, 0.1) is 23.7 Å². The van der Waals surface area contributed by atoms with Gasteiger partial charge in [-0.2, -0.15) is 19.7 Å². The third kappa shape index (κ3) is 3.74. The van der Waals surface area contributed by atoms with Crippen LogP contribution >= 0.6 is 11.6 Å². The van der Waals surface area contributed by atoms with Crippen molar-refractivity contribution in [3.05, 3.63) is 58.8 Å². The molecule has 0 aliphatic carbocycles. The summed E-state index contributed by atoms with van der Waals surface area (Å²) in [5.41, 5.74) is 4.14. The van der Waals surface area contributed by atoms with Gasteiger partial charge in [0, 0.05) is 17.1 Å². The first-order valence-electron chi connectivity index (χ1n) is 7.44. The molecule has 7 nitrogen and oxygen atoms in total. The number of halogens is 2. The van der Waals surface area contributed by atoms with Crippen molar-refractivity contribution in [2.24, 2.45) is 5.10 Å². The Bertz CT molecular complexity index is 915. The van der Waals surface area contributed by atoms with E-state index in [4.69, 9.17) is 11.6 Å². The van der Waals surface area contributed by atoms with Gasteiger partial charge in [0.1, 0.15) is 5.69 Å². The summed E-state index contributed by atoms with van der Waals surface area (Å²) in [5, 5.41) is 14.9. The highest BCUT2D eigenvalue weighted by Gasteiger charge is 2.11. The minimum Gasteiger partial charge on any atom is -0.272 e. The number of aromatic amines is 1. The Balaban J connectivity index is 1.66. The topological polar surface area (TPSA) is 88.0 Å². The number of hydrazone groups is 1. The fourth-order valence-electron chi connectivity index (χ4n) is 2.12. The van der Waals surface area contributed by atoms with Gasteiger partial charge in [-0.05, 0) is 25.1 Å². The van der Waals surface area contributed by atoms with Crippen molar-refractivity contribution in [2.75, 3.05) is 0 Å². The Labute approximate surface area is 147 Å². The Morgan fingerprint density at radius 2 is 2.20 bits per heavy atom. The second kappa shape index (κ2) is 7.27. The van der Waals surface area contributed by atoms with Gasteiger partial charge in [0.25, 0.3) is 5.91 Å². The zero-order valence-electron chi connectivity index (χ0n) is 13.2. The minimum atomic E-state index is -0.507. The van der Waals surface area contributed by atoms with Gasteiger partial charge >= 0.3 is 0 Å². The van der Waals surface area contributed by atoms with Crippen LogP contribution in [0, 0.1) is 5.95 Å². The van der Waals surface area contributed by atoms with Gasteiger partial charge in [-0.25, -0.2) is 10.1 Å². The van der Waals surface area contributed by atoms with Crippen LogP contribution in [-0.4, -0.2) is 32.1 Å². The lowest BCUT2D eigenvalue weighted by Crippen LogP contribution is -2.18. The molecule has 0 bridgehead atoms. The van der Waals surface area contributed by atoms with Crippen LogP contribution in [0.15, 0.2) is 41.6 Å². The number of rotatable bonds is 5. The maximum Gasteiger partial charge on any atom is 0.289 e. The summed E-state index contributed by atoms with van der Waals surface area (Å²) in [5.74, 6) is -1.00. The standard InChI is InChI=1S/C16H14ClFN6O/c1-2-24-15(18)11(9-20-24)8-19-23-16(25)14-7-13(21-22-14)10-3-5-12(17)6-4-10/h3-9H,2H2,1H3,(H,21,22)(H,23,25). The van der Waals surface area contributed by atoms with Crippen LogP contribution in [0.2, 0.25) is 5.02 Å². The predicted octanol–water partition coefficient (Wildman–Crippen LogP) is 2.85. The fourth-order valence-corrected chi connectivity index (χ4v) is 2.25. The van der Waals surface area contributed by atoms with E-state index in [0.717, 1.165) is 5.56 Å². The minimum absolute atomic E-state index is 0.189. The fraction of sp³-hybridized carbons (Fsp3) is 0.125. The number of nitrogens with zero attached hydrogens (tertiary/aromatic N) is 4. The molecule has 0 unspecified atom stereocenters.